The average molecular weight is 387 g/mol. The molecule has 0 saturated heterocycles. The predicted molar refractivity (Wildman–Crippen MR) is 106 cm³/mol. The molecule has 2 rings (SSSR count). The highest BCUT2D eigenvalue weighted by Crippen LogP contribution is 2.22. The molecule has 1 N–H and O–H groups in total. The van der Waals surface area contributed by atoms with Gasteiger partial charge in [-0.1, -0.05) is 19.3 Å². The number of halogens is 1. The molecule has 0 spiro atoms. The smallest absolute Gasteiger partial charge is 0.303 e. The highest BCUT2D eigenvalue weighted by Gasteiger charge is 2.17. The summed E-state index contributed by atoms with van der Waals surface area (Å²) >= 11 is 0. The maximum absolute atomic E-state index is 13.2. The number of amides is 1. The van der Waals surface area contributed by atoms with Gasteiger partial charge < -0.3 is 14.7 Å². The molecule has 0 atom stereocenters. The van der Waals surface area contributed by atoms with Crippen LogP contribution in [0.25, 0.3) is 0 Å². The van der Waals surface area contributed by atoms with E-state index in [9.17, 15) is 14.0 Å². The third kappa shape index (κ3) is 6.68. The third-order valence-electron chi connectivity index (χ3n) is 4.49. The number of nitrogens with zero attached hydrogens (tertiary/aromatic N) is 1. The molecule has 0 unspecified atom stereocenters. The van der Waals surface area contributed by atoms with Gasteiger partial charge in [0.1, 0.15) is 11.6 Å². The van der Waals surface area contributed by atoms with Crippen molar-refractivity contribution in [1.29, 1.82) is 0 Å². The van der Waals surface area contributed by atoms with Gasteiger partial charge in [0, 0.05) is 24.2 Å². The summed E-state index contributed by atoms with van der Waals surface area (Å²) in [4.78, 5) is 25.2. The first-order chi connectivity index (χ1) is 13.5. The molecule has 0 aromatic heterocycles. The second-order valence-electron chi connectivity index (χ2n) is 6.57. The first-order valence-electron chi connectivity index (χ1n) is 9.44. The van der Waals surface area contributed by atoms with E-state index in [0.29, 0.717) is 24.3 Å². The lowest BCUT2D eigenvalue weighted by Crippen LogP contribution is -2.32. The standard InChI is InChI=1S/C22H26FNO4/c1-28-20-14-12-19(13-15-20)24(16-6-4-2-3-5-7-21(25)26)22(27)17-8-10-18(23)11-9-17/h8-15H,2-7,16H2,1H3,(H,25,26). The summed E-state index contributed by atoms with van der Waals surface area (Å²) in [7, 11) is 1.58. The van der Waals surface area contributed by atoms with E-state index in [1.165, 1.54) is 24.3 Å². The number of methoxy groups -OCH3 is 1. The Balaban J connectivity index is 2.00. The summed E-state index contributed by atoms with van der Waals surface area (Å²) in [5, 5.41) is 8.66. The van der Waals surface area contributed by atoms with Gasteiger partial charge in [-0.25, -0.2) is 4.39 Å². The maximum atomic E-state index is 13.2. The Morgan fingerprint density at radius 1 is 0.929 bits per heavy atom. The number of rotatable bonds is 11. The number of unbranched alkanes of at least 4 members (excludes halogenated alkanes) is 4. The van der Waals surface area contributed by atoms with Crippen LogP contribution in [0.3, 0.4) is 0 Å². The number of anilines is 1. The van der Waals surface area contributed by atoms with Crippen molar-refractivity contribution in [3.05, 3.63) is 59.9 Å². The molecule has 5 nitrogen and oxygen atoms in total. The number of hydrogen-bond donors (Lipinski definition) is 1. The first-order valence-corrected chi connectivity index (χ1v) is 9.44. The molecule has 0 heterocycles. The number of carboxylic acids is 1. The largest absolute Gasteiger partial charge is 0.497 e. The van der Waals surface area contributed by atoms with Gasteiger partial charge >= 0.3 is 5.97 Å². The number of carbonyl (C=O) groups excluding carboxylic acids is 1. The van der Waals surface area contributed by atoms with Crippen LogP contribution in [0.4, 0.5) is 10.1 Å². The Kier molecular flexibility index (Phi) is 8.46. The van der Waals surface area contributed by atoms with Crippen LogP contribution in [0.2, 0.25) is 0 Å². The SMILES string of the molecule is COc1ccc(N(CCCCCCCC(=O)O)C(=O)c2ccc(F)cc2)cc1. The topological polar surface area (TPSA) is 66.8 Å². The molecule has 1 amide bonds. The van der Waals surface area contributed by atoms with Crippen LogP contribution in [0, 0.1) is 5.82 Å². The Morgan fingerprint density at radius 3 is 2.14 bits per heavy atom. The van der Waals surface area contributed by atoms with E-state index >= 15 is 0 Å². The van der Waals surface area contributed by atoms with E-state index in [2.05, 4.69) is 0 Å². The Labute approximate surface area is 164 Å². The first kappa shape index (κ1) is 21.4. The lowest BCUT2D eigenvalue weighted by atomic mass is 10.1. The van der Waals surface area contributed by atoms with E-state index in [4.69, 9.17) is 9.84 Å². The number of hydrogen-bond acceptors (Lipinski definition) is 3. The fourth-order valence-corrected chi connectivity index (χ4v) is 2.93. The monoisotopic (exact) mass is 387 g/mol. The average Bonchev–Trinajstić information content (AvgIpc) is 2.70. The van der Waals surface area contributed by atoms with Gasteiger partial charge in [-0.2, -0.15) is 0 Å². The van der Waals surface area contributed by atoms with E-state index < -0.39 is 5.97 Å². The van der Waals surface area contributed by atoms with Gasteiger partial charge in [0.15, 0.2) is 0 Å². The molecule has 2 aromatic carbocycles. The molecule has 28 heavy (non-hydrogen) atoms. The fraction of sp³-hybridized carbons (Fsp3) is 0.364. The second kappa shape index (κ2) is 11.1. The number of carbonyl (C=O) groups is 2. The zero-order valence-corrected chi connectivity index (χ0v) is 16.1. The highest BCUT2D eigenvalue weighted by atomic mass is 19.1. The third-order valence-corrected chi connectivity index (χ3v) is 4.49. The van der Waals surface area contributed by atoms with Crippen molar-refractivity contribution in [2.45, 2.75) is 38.5 Å². The van der Waals surface area contributed by atoms with Gasteiger partial charge in [-0.05, 0) is 61.4 Å². The molecule has 0 aliphatic rings. The molecular weight excluding hydrogens is 361 g/mol. The number of ether oxygens (including phenoxy) is 1. The molecule has 0 saturated carbocycles. The molecule has 0 aliphatic carbocycles. The van der Waals surface area contributed by atoms with Crippen molar-refractivity contribution >= 4 is 17.6 Å². The lowest BCUT2D eigenvalue weighted by Gasteiger charge is -2.23. The summed E-state index contributed by atoms with van der Waals surface area (Å²) in [6, 6.07) is 12.8. The molecule has 6 heteroatoms. The Bertz CT molecular complexity index is 759. The molecule has 150 valence electrons. The summed E-state index contributed by atoms with van der Waals surface area (Å²) in [6.07, 6.45) is 4.36. The Morgan fingerprint density at radius 2 is 1.54 bits per heavy atom. The van der Waals surface area contributed by atoms with Crippen LogP contribution in [0.15, 0.2) is 48.5 Å². The molecule has 0 radical (unpaired) electrons. The summed E-state index contributed by atoms with van der Waals surface area (Å²) < 4.78 is 18.4. The second-order valence-corrected chi connectivity index (χ2v) is 6.57. The number of carboxylic acid groups (broad SMARTS) is 1. The van der Waals surface area contributed by atoms with E-state index in [0.717, 1.165) is 31.4 Å². The van der Waals surface area contributed by atoms with Gasteiger partial charge in [0.25, 0.3) is 5.91 Å². The minimum atomic E-state index is -0.768. The summed E-state index contributed by atoms with van der Waals surface area (Å²) in [5.74, 6) is -0.628. The number of aliphatic carboxylic acids is 1. The molecule has 2 aromatic rings. The normalized spacial score (nSPS) is 10.5. The summed E-state index contributed by atoms with van der Waals surface area (Å²) in [6.45, 7) is 0.529. The van der Waals surface area contributed by atoms with Crippen molar-refractivity contribution in [1.82, 2.24) is 0 Å². The van der Waals surface area contributed by atoms with Gasteiger partial charge in [-0.3, -0.25) is 9.59 Å². The Hall–Kier alpha value is -2.89. The van der Waals surface area contributed by atoms with Crippen molar-refractivity contribution in [2.75, 3.05) is 18.6 Å². The predicted octanol–water partition coefficient (Wildman–Crippen LogP) is 4.91. The van der Waals surface area contributed by atoms with Crippen LogP contribution < -0.4 is 9.64 Å². The van der Waals surface area contributed by atoms with Crippen molar-refractivity contribution in [3.8, 4) is 5.75 Å². The zero-order valence-electron chi connectivity index (χ0n) is 16.1. The highest BCUT2D eigenvalue weighted by molar-refractivity contribution is 6.06. The molecule has 0 bridgehead atoms. The maximum Gasteiger partial charge on any atom is 0.303 e. The van der Waals surface area contributed by atoms with Gasteiger partial charge in [0.05, 0.1) is 7.11 Å². The summed E-state index contributed by atoms with van der Waals surface area (Å²) in [5.41, 5.74) is 1.18. The number of benzene rings is 2. The van der Waals surface area contributed by atoms with Crippen molar-refractivity contribution < 1.29 is 23.8 Å². The van der Waals surface area contributed by atoms with E-state index in [1.54, 1.807) is 24.1 Å². The van der Waals surface area contributed by atoms with E-state index in [-0.39, 0.29) is 18.1 Å². The quantitative estimate of drug-likeness (QED) is 0.557. The lowest BCUT2D eigenvalue weighted by molar-refractivity contribution is -0.137. The van der Waals surface area contributed by atoms with Crippen LogP contribution in [-0.4, -0.2) is 30.6 Å². The van der Waals surface area contributed by atoms with Gasteiger partial charge in [0.2, 0.25) is 0 Å². The molecular formula is C22H26FNO4. The minimum Gasteiger partial charge on any atom is -0.497 e. The van der Waals surface area contributed by atoms with Crippen LogP contribution in [0.5, 0.6) is 5.75 Å². The molecule has 0 fully saturated rings. The van der Waals surface area contributed by atoms with Crippen molar-refractivity contribution in [2.24, 2.45) is 0 Å². The van der Waals surface area contributed by atoms with Crippen LogP contribution in [0.1, 0.15) is 48.9 Å². The molecule has 0 aliphatic heterocycles. The van der Waals surface area contributed by atoms with Gasteiger partial charge in [-0.15, -0.1) is 0 Å². The zero-order chi connectivity index (χ0) is 20.4. The van der Waals surface area contributed by atoms with Crippen LogP contribution >= 0.6 is 0 Å². The van der Waals surface area contributed by atoms with E-state index in [1.807, 2.05) is 12.1 Å². The fourth-order valence-electron chi connectivity index (χ4n) is 2.93. The van der Waals surface area contributed by atoms with Crippen LogP contribution in [-0.2, 0) is 4.79 Å². The minimum absolute atomic E-state index is 0.184. The van der Waals surface area contributed by atoms with Crippen molar-refractivity contribution in [3.63, 3.8) is 0 Å².